The molecule has 2 aliphatic heterocycles. The lowest BCUT2D eigenvalue weighted by atomic mass is 10.1. The molecule has 7 nitrogen and oxygen atoms in total. The Morgan fingerprint density at radius 1 is 1.10 bits per heavy atom. The number of hydrogen-bond donors (Lipinski definition) is 2. The molecule has 0 aromatic heterocycles. The van der Waals surface area contributed by atoms with Crippen LogP contribution in [0.1, 0.15) is 19.3 Å². The van der Waals surface area contributed by atoms with E-state index >= 15 is 0 Å². The number of rotatable bonds is 3. The van der Waals surface area contributed by atoms with Gasteiger partial charge in [0.25, 0.3) is 0 Å². The van der Waals surface area contributed by atoms with Crippen LogP contribution in [0.2, 0.25) is 0 Å². The molecule has 0 radical (unpaired) electrons. The summed E-state index contributed by atoms with van der Waals surface area (Å²) in [7, 11) is 2.10. The van der Waals surface area contributed by atoms with Gasteiger partial charge in [-0.15, -0.1) is 0 Å². The number of hydrogen-bond acceptors (Lipinski definition) is 4. The van der Waals surface area contributed by atoms with E-state index in [9.17, 15) is 9.59 Å². The molecule has 2 amide bonds. The van der Waals surface area contributed by atoms with Gasteiger partial charge in [-0.25, -0.2) is 4.79 Å². The summed E-state index contributed by atoms with van der Waals surface area (Å²) in [5.41, 5.74) is 0. The number of carboxylic acid groups (broad SMARTS) is 1. The monoisotopic (exact) mass is 298 g/mol. The maximum atomic E-state index is 12.3. The van der Waals surface area contributed by atoms with Crippen molar-refractivity contribution in [1.82, 2.24) is 20.0 Å². The molecule has 0 spiro atoms. The van der Waals surface area contributed by atoms with E-state index in [-0.39, 0.29) is 18.6 Å². The number of nitrogens with one attached hydrogen (secondary N) is 1. The Morgan fingerprint density at radius 2 is 1.81 bits per heavy atom. The summed E-state index contributed by atoms with van der Waals surface area (Å²) in [6, 6.07) is 0.272. The van der Waals surface area contributed by atoms with Gasteiger partial charge in [0.15, 0.2) is 0 Å². The number of likely N-dealkylation sites (tertiary alicyclic amines) is 1. The number of piperidine rings is 1. The Bertz CT molecular complexity index is 369. The fourth-order valence-corrected chi connectivity index (χ4v) is 2.94. The molecule has 7 heteroatoms. The highest BCUT2D eigenvalue weighted by atomic mass is 16.4. The van der Waals surface area contributed by atoms with E-state index in [1.54, 1.807) is 0 Å². The second-order valence-corrected chi connectivity index (χ2v) is 6.04. The number of carboxylic acids is 1. The summed E-state index contributed by atoms with van der Waals surface area (Å²) in [4.78, 5) is 29.0. The summed E-state index contributed by atoms with van der Waals surface area (Å²) < 4.78 is 0. The highest BCUT2D eigenvalue weighted by Crippen LogP contribution is 2.10. The number of aliphatic carboxylic acids is 1. The van der Waals surface area contributed by atoms with Crippen molar-refractivity contribution in [2.75, 3.05) is 52.9 Å². The summed E-state index contributed by atoms with van der Waals surface area (Å²) in [6.45, 7) is 4.79. The second kappa shape index (κ2) is 7.61. The molecule has 0 aromatic carbocycles. The van der Waals surface area contributed by atoms with Crippen LogP contribution in [0.25, 0.3) is 0 Å². The smallest absolute Gasteiger partial charge is 0.317 e. The first-order valence-electron chi connectivity index (χ1n) is 7.72. The third-order valence-electron chi connectivity index (χ3n) is 4.28. The van der Waals surface area contributed by atoms with E-state index in [4.69, 9.17) is 5.11 Å². The summed E-state index contributed by atoms with van der Waals surface area (Å²) in [6.07, 6.45) is 2.83. The van der Waals surface area contributed by atoms with Crippen LogP contribution in [0.4, 0.5) is 4.79 Å². The van der Waals surface area contributed by atoms with Crippen molar-refractivity contribution in [3.63, 3.8) is 0 Å². The minimum atomic E-state index is -0.806. The van der Waals surface area contributed by atoms with Crippen molar-refractivity contribution in [2.24, 2.45) is 0 Å². The van der Waals surface area contributed by atoms with Gasteiger partial charge in [-0.05, 0) is 39.4 Å². The molecule has 2 fully saturated rings. The molecule has 2 heterocycles. The molecule has 2 aliphatic rings. The number of amides is 2. The van der Waals surface area contributed by atoms with Crippen LogP contribution in [0.3, 0.4) is 0 Å². The zero-order valence-corrected chi connectivity index (χ0v) is 12.8. The Kier molecular flexibility index (Phi) is 5.81. The molecule has 2 rings (SSSR count). The largest absolute Gasteiger partial charge is 0.480 e. The van der Waals surface area contributed by atoms with Crippen molar-refractivity contribution < 1.29 is 14.7 Å². The summed E-state index contributed by atoms with van der Waals surface area (Å²) >= 11 is 0. The quantitative estimate of drug-likeness (QED) is 0.760. The third kappa shape index (κ3) is 5.17. The highest BCUT2D eigenvalue weighted by molar-refractivity contribution is 5.74. The van der Waals surface area contributed by atoms with Gasteiger partial charge in [-0.1, -0.05) is 0 Å². The van der Waals surface area contributed by atoms with E-state index < -0.39 is 5.97 Å². The van der Waals surface area contributed by atoms with Gasteiger partial charge in [0, 0.05) is 32.2 Å². The lowest BCUT2D eigenvalue weighted by Crippen LogP contribution is -2.49. The first-order chi connectivity index (χ1) is 10.0. The molecule has 2 N–H and O–H groups in total. The number of nitrogens with zero attached hydrogens (tertiary/aromatic N) is 3. The third-order valence-corrected chi connectivity index (χ3v) is 4.28. The van der Waals surface area contributed by atoms with Gasteiger partial charge in [-0.2, -0.15) is 0 Å². The van der Waals surface area contributed by atoms with Crippen LogP contribution in [0.15, 0.2) is 0 Å². The Balaban J connectivity index is 1.76. The van der Waals surface area contributed by atoms with Gasteiger partial charge >= 0.3 is 12.0 Å². The van der Waals surface area contributed by atoms with Crippen molar-refractivity contribution >= 4 is 12.0 Å². The van der Waals surface area contributed by atoms with Crippen LogP contribution in [0.5, 0.6) is 0 Å². The minimum absolute atomic E-state index is 0.00160. The SMILES string of the molecule is CN1CCC(NC(=O)N2CCCN(CC(=O)O)CC2)CC1. The second-order valence-electron chi connectivity index (χ2n) is 6.04. The first-order valence-corrected chi connectivity index (χ1v) is 7.72. The van der Waals surface area contributed by atoms with Gasteiger partial charge in [-0.3, -0.25) is 9.69 Å². The predicted molar refractivity (Wildman–Crippen MR) is 79.3 cm³/mol. The van der Waals surface area contributed by atoms with Gasteiger partial charge in [0.05, 0.1) is 6.54 Å². The summed E-state index contributed by atoms with van der Waals surface area (Å²) in [5, 5.41) is 11.9. The molecule has 0 atom stereocenters. The number of urea groups is 1. The van der Waals surface area contributed by atoms with Gasteiger partial charge < -0.3 is 20.2 Å². The lowest BCUT2D eigenvalue weighted by molar-refractivity contribution is -0.138. The normalized spacial score (nSPS) is 22.8. The Hall–Kier alpha value is -1.34. The van der Waals surface area contributed by atoms with E-state index in [0.29, 0.717) is 19.6 Å². The molecular formula is C14H26N4O3. The molecule has 0 unspecified atom stereocenters. The Labute approximate surface area is 125 Å². The van der Waals surface area contributed by atoms with Crippen LogP contribution in [0, 0.1) is 0 Å². The first kappa shape index (κ1) is 16.0. The number of carbonyl (C=O) groups excluding carboxylic acids is 1. The molecule has 0 saturated carbocycles. The topological polar surface area (TPSA) is 76.1 Å². The van der Waals surface area contributed by atoms with E-state index in [1.165, 1.54) is 0 Å². The molecule has 120 valence electrons. The van der Waals surface area contributed by atoms with Crippen LogP contribution in [-0.4, -0.2) is 90.7 Å². The fourth-order valence-electron chi connectivity index (χ4n) is 2.94. The van der Waals surface area contributed by atoms with Crippen LogP contribution >= 0.6 is 0 Å². The molecular weight excluding hydrogens is 272 g/mol. The minimum Gasteiger partial charge on any atom is -0.480 e. The highest BCUT2D eigenvalue weighted by Gasteiger charge is 2.23. The van der Waals surface area contributed by atoms with Crippen molar-refractivity contribution in [3.8, 4) is 0 Å². The van der Waals surface area contributed by atoms with Crippen molar-refractivity contribution in [2.45, 2.75) is 25.3 Å². The molecule has 0 aromatic rings. The zero-order valence-electron chi connectivity index (χ0n) is 12.8. The average molecular weight is 298 g/mol. The maximum Gasteiger partial charge on any atom is 0.317 e. The average Bonchev–Trinajstić information content (AvgIpc) is 2.66. The zero-order chi connectivity index (χ0) is 15.2. The molecule has 0 bridgehead atoms. The molecule has 2 saturated heterocycles. The van der Waals surface area contributed by atoms with Crippen LogP contribution < -0.4 is 5.32 Å². The standard InChI is InChI=1S/C14H26N4O3/c1-16-7-3-12(4-8-16)15-14(21)18-6-2-5-17(9-10-18)11-13(19)20/h12H,2-11H2,1H3,(H,15,21)(H,19,20). The lowest BCUT2D eigenvalue weighted by Gasteiger charge is -2.31. The molecule has 21 heavy (non-hydrogen) atoms. The van der Waals surface area contributed by atoms with Gasteiger partial charge in [0.1, 0.15) is 0 Å². The maximum absolute atomic E-state index is 12.3. The molecule has 0 aliphatic carbocycles. The van der Waals surface area contributed by atoms with E-state index in [2.05, 4.69) is 17.3 Å². The van der Waals surface area contributed by atoms with E-state index in [0.717, 1.165) is 38.9 Å². The van der Waals surface area contributed by atoms with Gasteiger partial charge in [0.2, 0.25) is 0 Å². The fraction of sp³-hybridized carbons (Fsp3) is 0.857. The van der Waals surface area contributed by atoms with Crippen molar-refractivity contribution in [1.29, 1.82) is 0 Å². The number of carbonyl (C=O) groups is 2. The van der Waals surface area contributed by atoms with Crippen molar-refractivity contribution in [3.05, 3.63) is 0 Å². The predicted octanol–water partition coefficient (Wildman–Crippen LogP) is -0.117. The summed E-state index contributed by atoms with van der Waals surface area (Å²) in [5.74, 6) is -0.806. The Morgan fingerprint density at radius 3 is 2.48 bits per heavy atom. The van der Waals surface area contributed by atoms with E-state index in [1.807, 2.05) is 9.80 Å². The van der Waals surface area contributed by atoms with Crippen LogP contribution in [-0.2, 0) is 4.79 Å².